The maximum atomic E-state index is 3.81. The number of hydrogen-bond donors (Lipinski definition) is 1. The molecule has 2 saturated heterocycles. The van der Waals surface area contributed by atoms with E-state index in [-0.39, 0.29) is 0 Å². The Hall–Kier alpha value is 0.270. The van der Waals surface area contributed by atoms with Gasteiger partial charge in [0.1, 0.15) is 0 Å². The third kappa shape index (κ3) is 3.61. The molecule has 2 unspecified atom stereocenters. The van der Waals surface area contributed by atoms with Crippen LogP contribution < -0.4 is 5.32 Å². The molecule has 0 aromatic carbocycles. The summed E-state index contributed by atoms with van der Waals surface area (Å²) in [6.45, 7) is 4.87. The fraction of sp³-hybridized carbons (Fsp3) is 1.00. The molecule has 0 spiro atoms. The highest BCUT2D eigenvalue weighted by Crippen LogP contribution is 2.44. The Bertz CT molecular complexity index is 313. The van der Waals surface area contributed by atoms with Gasteiger partial charge in [0.2, 0.25) is 0 Å². The molecule has 3 fully saturated rings. The monoisotopic (exact) mass is 310 g/mol. The Balaban J connectivity index is 1.63. The van der Waals surface area contributed by atoms with Crippen molar-refractivity contribution in [3.63, 3.8) is 0 Å². The van der Waals surface area contributed by atoms with E-state index in [0.29, 0.717) is 4.75 Å². The van der Waals surface area contributed by atoms with Gasteiger partial charge in [-0.3, -0.25) is 4.90 Å². The highest BCUT2D eigenvalue weighted by Gasteiger charge is 2.43. The van der Waals surface area contributed by atoms with E-state index in [0.717, 1.165) is 18.1 Å². The number of hydrogen-bond acceptors (Lipinski definition) is 3. The van der Waals surface area contributed by atoms with E-state index >= 15 is 0 Å². The topological polar surface area (TPSA) is 15.3 Å². The Morgan fingerprint density at radius 1 is 1.10 bits per heavy atom. The lowest BCUT2D eigenvalue weighted by atomic mass is 9.81. The average molecular weight is 311 g/mol. The van der Waals surface area contributed by atoms with Crippen molar-refractivity contribution in [1.82, 2.24) is 10.2 Å². The fourth-order valence-electron chi connectivity index (χ4n) is 5.03. The average Bonchev–Trinajstić information content (AvgIpc) is 2.94. The summed E-state index contributed by atoms with van der Waals surface area (Å²) in [5.41, 5.74) is 0. The molecule has 1 N–H and O–H groups in total. The normalized spacial score (nSPS) is 36.0. The first-order valence-corrected chi connectivity index (χ1v) is 10.5. The lowest BCUT2D eigenvalue weighted by Gasteiger charge is -2.51. The first-order valence-electron chi connectivity index (χ1n) is 9.30. The number of nitrogens with zero attached hydrogens (tertiary/aromatic N) is 1. The van der Waals surface area contributed by atoms with Crippen LogP contribution in [0.4, 0.5) is 0 Å². The first-order chi connectivity index (χ1) is 10.3. The second kappa shape index (κ2) is 7.23. The molecular formula is C18H34N2S. The summed E-state index contributed by atoms with van der Waals surface area (Å²) < 4.78 is 0.595. The van der Waals surface area contributed by atoms with Crippen LogP contribution >= 0.6 is 11.8 Å². The van der Waals surface area contributed by atoms with Crippen LogP contribution in [0.3, 0.4) is 0 Å². The molecule has 122 valence electrons. The molecule has 0 aromatic heterocycles. The zero-order chi connectivity index (χ0) is 14.7. The number of nitrogens with one attached hydrogen (secondary N) is 1. The lowest BCUT2D eigenvalue weighted by Crippen LogP contribution is -2.59. The quantitative estimate of drug-likeness (QED) is 0.797. The maximum absolute atomic E-state index is 3.81. The molecule has 2 bridgehead atoms. The number of thioether (sulfide) groups is 1. The minimum atomic E-state index is 0.595. The van der Waals surface area contributed by atoms with Gasteiger partial charge in [-0.05, 0) is 57.7 Å². The summed E-state index contributed by atoms with van der Waals surface area (Å²) in [5, 5.41) is 3.81. The Morgan fingerprint density at radius 2 is 1.76 bits per heavy atom. The molecule has 0 radical (unpaired) electrons. The molecule has 3 aliphatic rings. The smallest absolute Gasteiger partial charge is 0.0284 e. The predicted molar refractivity (Wildman–Crippen MR) is 94.2 cm³/mol. The number of piperidine rings is 2. The molecule has 1 saturated carbocycles. The molecule has 2 aliphatic heterocycles. The standard InChI is InChI=1S/C18H34N2S/c1-3-11-19-15-12-16-7-6-8-17(13-15)20(16)14-18(21-2)9-4-5-10-18/h15-17,19H,3-14H2,1-2H3. The lowest BCUT2D eigenvalue weighted by molar-refractivity contribution is 0.0172. The van der Waals surface area contributed by atoms with Gasteiger partial charge in [0.15, 0.2) is 0 Å². The summed E-state index contributed by atoms with van der Waals surface area (Å²) in [6.07, 6.45) is 16.7. The van der Waals surface area contributed by atoms with E-state index in [1.807, 2.05) is 0 Å². The van der Waals surface area contributed by atoms with Crippen molar-refractivity contribution in [1.29, 1.82) is 0 Å². The van der Waals surface area contributed by atoms with Gasteiger partial charge in [-0.25, -0.2) is 0 Å². The Morgan fingerprint density at radius 3 is 2.33 bits per heavy atom. The SMILES string of the molecule is CCCNC1CC2CCCC(C1)N2CC1(SC)CCCC1. The van der Waals surface area contributed by atoms with Crippen molar-refractivity contribution in [2.75, 3.05) is 19.3 Å². The molecule has 2 heterocycles. The number of fused-ring (bicyclic) bond motifs is 2. The highest BCUT2D eigenvalue weighted by atomic mass is 32.2. The van der Waals surface area contributed by atoms with Crippen LogP contribution in [0.15, 0.2) is 0 Å². The van der Waals surface area contributed by atoms with Gasteiger partial charge in [0.05, 0.1) is 0 Å². The van der Waals surface area contributed by atoms with Crippen LogP contribution in [0.1, 0.15) is 71.1 Å². The van der Waals surface area contributed by atoms with E-state index < -0.39 is 0 Å². The molecule has 21 heavy (non-hydrogen) atoms. The minimum Gasteiger partial charge on any atom is -0.314 e. The van der Waals surface area contributed by atoms with Crippen molar-refractivity contribution in [2.45, 2.75) is 94.0 Å². The summed E-state index contributed by atoms with van der Waals surface area (Å²) in [7, 11) is 0. The van der Waals surface area contributed by atoms with Gasteiger partial charge in [0.25, 0.3) is 0 Å². The molecule has 3 rings (SSSR count). The van der Waals surface area contributed by atoms with Crippen LogP contribution in [0.5, 0.6) is 0 Å². The summed E-state index contributed by atoms with van der Waals surface area (Å²) in [6, 6.07) is 2.54. The van der Waals surface area contributed by atoms with Crippen molar-refractivity contribution in [3.05, 3.63) is 0 Å². The fourth-order valence-corrected chi connectivity index (χ4v) is 6.01. The van der Waals surface area contributed by atoms with Gasteiger partial charge in [-0.15, -0.1) is 0 Å². The second-order valence-electron chi connectivity index (χ2n) is 7.63. The van der Waals surface area contributed by atoms with E-state index in [4.69, 9.17) is 0 Å². The highest BCUT2D eigenvalue weighted by molar-refractivity contribution is 8.00. The number of rotatable bonds is 6. The summed E-state index contributed by atoms with van der Waals surface area (Å²) in [4.78, 5) is 2.95. The van der Waals surface area contributed by atoms with Gasteiger partial charge >= 0.3 is 0 Å². The van der Waals surface area contributed by atoms with E-state index in [1.165, 1.54) is 77.3 Å². The van der Waals surface area contributed by atoms with E-state index in [2.05, 4.69) is 35.2 Å². The van der Waals surface area contributed by atoms with Gasteiger partial charge in [-0.1, -0.05) is 26.2 Å². The van der Waals surface area contributed by atoms with Crippen LogP contribution in [0.2, 0.25) is 0 Å². The molecule has 0 amide bonds. The molecule has 0 aromatic rings. The predicted octanol–water partition coefficient (Wildman–Crippen LogP) is 4.05. The molecule has 2 nitrogen and oxygen atoms in total. The minimum absolute atomic E-state index is 0.595. The third-order valence-corrected chi connectivity index (χ3v) is 7.63. The van der Waals surface area contributed by atoms with Crippen LogP contribution in [0, 0.1) is 0 Å². The van der Waals surface area contributed by atoms with Crippen LogP contribution in [0.25, 0.3) is 0 Å². The Labute approximate surface area is 135 Å². The van der Waals surface area contributed by atoms with Crippen molar-refractivity contribution in [3.8, 4) is 0 Å². The summed E-state index contributed by atoms with van der Waals surface area (Å²) >= 11 is 2.17. The molecule has 2 atom stereocenters. The molecule has 3 heteroatoms. The van der Waals surface area contributed by atoms with Gasteiger partial charge in [0, 0.05) is 29.4 Å². The molecular weight excluding hydrogens is 276 g/mol. The largest absolute Gasteiger partial charge is 0.314 e. The van der Waals surface area contributed by atoms with Crippen molar-refractivity contribution in [2.24, 2.45) is 0 Å². The zero-order valence-corrected chi connectivity index (χ0v) is 14.9. The maximum Gasteiger partial charge on any atom is 0.0284 e. The van der Waals surface area contributed by atoms with Crippen LogP contribution in [-0.2, 0) is 0 Å². The van der Waals surface area contributed by atoms with E-state index in [9.17, 15) is 0 Å². The zero-order valence-electron chi connectivity index (χ0n) is 14.1. The van der Waals surface area contributed by atoms with E-state index in [1.54, 1.807) is 0 Å². The molecule has 1 aliphatic carbocycles. The second-order valence-corrected chi connectivity index (χ2v) is 8.90. The van der Waals surface area contributed by atoms with Crippen molar-refractivity contribution >= 4 is 11.8 Å². The van der Waals surface area contributed by atoms with Gasteiger partial charge in [-0.2, -0.15) is 11.8 Å². The van der Waals surface area contributed by atoms with Crippen molar-refractivity contribution < 1.29 is 0 Å². The summed E-state index contributed by atoms with van der Waals surface area (Å²) in [5.74, 6) is 0. The Kier molecular flexibility index (Phi) is 5.55. The third-order valence-electron chi connectivity index (χ3n) is 6.23. The first kappa shape index (κ1) is 16.1. The van der Waals surface area contributed by atoms with Gasteiger partial charge < -0.3 is 5.32 Å². The van der Waals surface area contributed by atoms with Crippen LogP contribution in [-0.4, -0.2) is 47.1 Å².